The highest BCUT2D eigenvalue weighted by Gasteiger charge is 2.23. The van der Waals surface area contributed by atoms with E-state index in [1.54, 1.807) is 0 Å². The Morgan fingerprint density at radius 2 is 2.22 bits per heavy atom. The van der Waals surface area contributed by atoms with Crippen LogP contribution in [0.3, 0.4) is 0 Å². The summed E-state index contributed by atoms with van der Waals surface area (Å²) in [6.45, 7) is 3.02. The molecule has 1 aromatic heterocycles. The summed E-state index contributed by atoms with van der Waals surface area (Å²) < 4.78 is 0. The van der Waals surface area contributed by atoms with Crippen LogP contribution in [-0.4, -0.2) is 36.1 Å². The number of pyridine rings is 1. The number of nitrogens with zero attached hydrogens (tertiary/aromatic N) is 2. The van der Waals surface area contributed by atoms with Crippen molar-refractivity contribution in [3.63, 3.8) is 0 Å². The molecule has 1 aromatic rings. The number of hydrogen-bond donors (Lipinski definition) is 1. The van der Waals surface area contributed by atoms with E-state index in [9.17, 15) is 0 Å². The zero-order chi connectivity index (χ0) is 13.0. The van der Waals surface area contributed by atoms with E-state index in [2.05, 4.69) is 54.4 Å². The summed E-state index contributed by atoms with van der Waals surface area (Å²) in [5.74, 6) is 0. The molecule has 0 radical (unpaired) electrons. The summed E-state index contributed by atoms with van der Waals surface area (Å²) in [5.41, 5.74) is 2.29. The van der Waals surface area contributed by atoms with Gasteiger partial charge in [-0.1, -0.05) is 12.5 Å². The van der Waals surface area contributed by atoms with Crippen molar-refractivity contribution in [1.82, 2.24) is 15.2 Å². The lowest BCUT2D eigenvalue weighted by atomic mass is 9.90. The molecule has 1 aliphatic carbocycles. The maximum atomic E-state index is 4.59. The predicted molar refractivity (Wildman–Crippen MR) is 75.5 cm³/mol. The maximum Gasteiger partial charge on any atom is 0.0547 e. The van der Waals surface area contributed by atoms with Crippen LogP contribution in [0, 0.1) is 6.92 Å². The Bertz CT molecular complexity index is 378. The second kappa shape index (κ2) is 6.30. The lowest BCUT2D eigenvalue weighted by molar-refractivity contribution is 0.164. The molecule has 1 saturated carbocycles. The Morgan fingerprint density at radius 1 is 1.39 bits per heavy atom. The molecule has 3 heteroatoms. The molecule has 100 valence electrons. The fraction of sp³-hybridized carbons (Fsp3) is 0.667. The van der Waals surface area contributed by atoms with E-state index in [0.717, 1.165) is 12.2 Å². The molecular weight excluding hydrogens is 222 g/mol. The smallest absolute Gasteiger partial charge is 0.0547 e. The van der Waals surface area contributed by atoms with Gasteiger partial charge in [0.25, 0.3) is 0 Å². The molecule has 0 saturated heterocycles. The van der Waals surface area contributed by atoms with Gasteiger partial charge in [0.15, 0.2) is 0 Å². The van der Waals surface area contributed by atoms with E-state index in [4.69, 9.17) is 0 Å². The van der Waals surface area contributed by atoms with Gasteiger partial charge < -0.3 is 5.32 Å². The van der Waals surface area contributed by atoms with Crippen LogP contribution in [-0.2, 0) is 6.54 Å². The van der Waals surface area contributed by atoms with Crippen LogP contribution in [0.4, 0.5) is 0 Å². The van der Waals surface area contributed by atoms with E-state index in [1.165, 1.54) is 31.4 Å². The third kappa shape index (κ3) is 3.53. The topological polar surface area (TPSA) is 28.2 Å². The summed E-state index contributed by atoms with van der Waals surface area (Å²) in [4.78, 5) is 7.05. The third-order valence-corrected chi connectivity index (χ3v) is 4.04. The largest absolute Gasteiger partial charge is 0.317 e. The Hall–Kier alpha value is -0.930. The molecule has 3 nitrogen and oxygen atoms in total. The van der Waals surface area contributed by atoms with E-state index < -0.39 is 0 Å². The first-order valence-electron chi connectivity index (χ1n) is 6.99. The van der Waals surface area contributed by atoms with Crippen LogP contribution < -0.4 is 5.32 Å². The van der Waals surface area contributed by atoms with Crippen molar-refractivity contribution in [2.45, 2.75) is 51.2 Å². The molecule has 18 heavy (non-hydrogen) atoms. The van der Waals surface area contributed by atoms with Crippen molar-refractivity contribution in [3.8, 4) is 0 Å². The van der Waals surface area contributed by atoms with Crippen LogP contribution in [0.2, 0.25) is 0 Å². The number of nitrogens with one attached hydrogen (secondary N) is 1. The van der Waals surface area contributed by atoms with Crippen molar-refractivity contribution < 1.29 is 0 Å². The Balaban J connectivity index is 1.93. The van der Waals surface area contributed by atoms with Gasteiger partial charge >= 0.3 is 0 Å². The average molecular weight is 247 g/mol. The van der Waals surface area contributed by atoms with Crippen molar-refractivity contribution in [1.29, 1.82) is 0 Å². The molecule has 2 rings (SSSR count). The van der Waals surface area contributed by atoms with Crippen LogP contribution >= 0.6 is 0 Å². The summed E-state index contributed by atoms with van der Waals surface area (Å²) >= 11 is 0. The van der Waals surface area contributed by atoms with Crippen LogP contribution in [0.15, 0.2) is 18.2 Å². The van der Waals surface area contributed by atoms with E-state index in [-0.39, 0.29) is 0 Å². The van der Waals surface area contributed by atoms with E-state index in [0.29, 0.717) is 12.1 Å². The normalized spacial score (nSPS) is 24.4. The minimum atomic E-state index is 0.691. The number of hydrogen-bond acceptors (Lipinski definition) is 3. The molecule has 0 aromatic carbocycles. The molecular formula is C15H25N3. The van der Waals surface area contributed by atoms with E-state index >= 15 is 0 Å². The zero-order valence-corrected chi connectivity index (χ0v) is 11.8. The van der Waals surface area contributed by atoms with Gasteiger partial charge in [-0.05, 0) is 52.4 Å². The predicted octanol–water partition coefficient (Wildman–Crippen LogP) is 2.35. The van der Waals surface area contributed by atoms with Crippen molar-refractivity contribution in [3.05, 3.63) is 29.6 Å². The van der Waals surface area contributed by atoms with Crippen LogP contribution in [0.25, 0.3) is 0 Å². The van der Waals surface area contributed by atoms with Gasteiger partial charge in [-0.25, -0.2) is 0 Å². The van der Waals surface area contributed by atoms with Gasteiger partial charge in [-0.3, -0.25) is 9.88 Å². The van der Waals surface area contributed by atoms with Gasteiger partial charge in [0.2, 0.25) is 0 Å². The van der Waals surface area contributed by atoms with Gasteiger partial charge in [-0.15, -0.1) is 0 Å². The fourth-order valence-electron chi connectivity index (χ4n) is 2.90. The summed E-state index contributed by atoms with van der Waals surface area (Å²) in [6, 6.07) is 7.67. The highest BCUT2D eigenvalue weighted by atomic mass is 15.1. The molecule has 2 atom stereocenters. The summed E-state index contributed by atoms with van der Waals surface area (Å²) in [5, 5.41) is 3.42. The minimum absolute atomic E-state index is 0.691. The molecule has 2 unspecified atom stereocenters. The van der Waals surface area contributed by atoms with Gasteiger partial charge in [0.1, 0.15) is 0 Å². The first-order valence-corrected chi connectivity index (χ1v) is 6.99. The zero-order valence-electron chi connectivity index (χ0n) is 11.8. The lowest BCUT2D eigenvalue weighted by Crippen LogP contribution is -2.41. The van der Waals surface area contributed by atoms with Gasteiger partial charge in [0, 0.05) is 24.3 Å². The highest BCUT2D eigenvalue weighted by molar-refractivity contribution is 5.09. The second-order valence-electron chi connectivity index (χ2n) is 5.49. The van der Waals surface area contributed by atoms with Crippen molar-refractivity contribution in [2.75, 3.05) is 14.1 Å². The van der Waals surface area contributed by atoms with Gasteiger partial charge in [0.05, 0.1) is 5.69 Å². The quantitative estimate of drug-likeness (QED) is 0.885. The molecule has 1 fully saturated rings. The molecule has 0 bridgehead atoms. The Labute approximate surface area is 111 Å². The van der Waals surface area contributed by atoms with Crippen LogP contribution in [0.1, 0.15) is 37.1 Å². The SMILES string of the molecule is CNC1CCCC(N(C)Cc2cccc(C)n2)C1. The van der Waals surface area contributed by atoms with Crippen LogP contribution in [0.5, 0.6) is 0 Å². The fourth-order valence-corrected chi connectivity index (χ4v) is 2.90. The minimum Gasteiger partial charge on any atom is -0.317 e. The highest BCUT2D eigenvalue weighted by Crippen LogP contribution is 2.23. The molecule has 0 amide bonds. The molecule has 1 heterocycles. The Kier molecular flexibility index (Phi) is 4.72. The lowest BCUT2D eigenvalue weighted by Gasteiger charge is -2.35. The van der Waals surface area contributed by atoms with Crippen molar-refractivity contribution >= 4 is 0 Å². The second-order valence-corrected chi connectivity index (χ2v) is 5.49. The molecule has 0 spiro atoms. The van der Waals surface area contributed by atoms with Gasteiger partial charge in [-0.2, -0.15) is 0 Å². The van der Waals surface area contributed by atoms with E-state index in [1.807, 2.05) is 0 Å². The average Bonchev–Trinajstić information content (AvgIpc) is 2.39. The third-order valence-electron chi connectivity index (χ3n) is 4.04. The number of aromatic nitrogens is 1. The standard InChI is InChI=1S/C15H25N3/c1-12-6-4-8-14(17-12)11-18(3)15-9-5-7-13(10-15)16-2/h4,6,8,13,15-16H,5,7,9-11H2,1-3H3. The summed E-state index contributed by atoms with van der Waals surface area (Å²) in [6.07, 6.45) is 5.24. The molecule has 1 N–H and O–H groups in total. The molecule has 0 aliphatic heterocycles. The first kappa shape index (κ1) is 13.5. The monoisotopic (exact) mass is 247 g/mol. The summed E-state index contributed by atoms with van der Waals surface area (Å²) in [7, 11) is 4.31. The maximum absolute atomic E-state index is 4.59. The van der Waals surface area contributed by atoms with Crippen molar-refractivity contribution in [2.24, 2.45) is 0 Å². The number of rotatable bonds is 4. The molecule has 1 aliphatic rings. The number of aryl methyl sites for hydroxylation is 1. The first-order chi connectivity index (χ1) is 8.69. The Morgan fingerprint density at radius 3 is 2.94 bits per heavy atom.